The van der Waals surface area contributed by atoms with Gasteiger partial charge in [0, 0.05) is 43.7 Å². The fraction of sp³-hybridized carbons (Fsp3) is 0.643. The van der Waals surface area contributed by atoms with Gasteiger partial charge in [-0.25, -0.2) is 0 Å². The normalized spacial score (nSPS) is 12.8. The van der Waals surface area contributed by atoms with Crippen molar-refractivity contribution in [1.82, 2.24) is 10.3 Å². The van der Waals surface area contributed by atoms with Crippen LogP contribution in [0.2, 0.25) is 0 Å². The van der Waals surface area contributed by atoms with Gasteiger partial charge in [-0.15, -0.1) is 0 Å². The Labute approximate surface area is 115 Å². The molecule has 1 aromatic rings. The first-order chi connectivity index (χ1) is 9.08. The Morgan fingerprint density at radius 1 is 1.21 bits per heavy atom. The van der Waals surface area contributed by atoms with Crippen LogP contribution in [-0.4, -0.2) is 45.7 Å². The monoisotopic (exact) mass is 268 g/mol. The topological polar surface area (TPSA) is 52.6 Å². The van der Waals surface area contributed by atoms with Crippen LogP contribution in [0.1, 0.15) is 16.8 Å². The molecule has 0 saturated carbocycles. The van der Waals surface area contributed by atoms with E-state index in [1.165, 1.54) is 0 Å². The number of aryl methyl sites for hydroxylation is 1. The number of ether oxygens (including phenoxy) is 3. The molecule has 0 saturated heterocycles. The van der Waals surface area contributed by atoms with E-state index in [0.717, 1.165) is 22.6 Å². The summed E-state index contributed by atoms with van der Waals surface area (Å²) in [5.41, 5.74) is 3.09. The molecule has 0 bridgehead atoms. The van der Waals surface area contributed by atoms with Crippen molar-refractivity contribution in [2.45, 2.75) is 32.6 Å². The van der Waals surface area contributed by atoms with Crippen LogP contribution in [0.15, 0.2) is 6.20 Å². The summed E-state index contributed by atoms with van der Waals surface area (Å²) >= 11 is 0. The zero-order valence-corrected chi connectivity index (χ0v) is 12.6. The number of rotatable bonds is 7. The van der Waals surface area contributed by atoms with Crippen molar-refractivity contribution in [3.8, 4) is 5.75 Å². The Bertz CT molecular complexity index is 406. The van der Waals surface area contributed by atoms with Gasteiger partial charge in [-0.1, -0.05) is 0 Å². The number of hydrogen-bond donors (Lipinski definition) is 1. The molecule has 5 heteroatoms. The lowest BCUT2D eigenvalue weighted by Crippen LogP contribution is -2.42. The maximum Gasteiger partial charge on any atom is 0.172 e. The summed E-state index contributed by atoms with van der Waals surface area (Å²) in [5, 5.41) is 3.20. The first-order valence-corrected chi connectivity index (χ1v) is 6.30. The molecule has 0 aliphatic rings. The minimum absolute atomic E-state index is 0.0358. The van der Waals surface area contributed by atoms with Crippen LogP contribution in [0.25, 0.3) is 0 Å². The molecule has 0 radical (unpaired) electrons. The third-order valence-corrected chi connectivity index (χ3v) is 3.33. The van der Waals surface area contributed by atoms with E-state index < -0.39 is 0 Å². The summed E-state index contributed by atoms with van der Waals surface area (Å²) in [7, 11) is 6.83. The number of methoxy groups -OCH3 is 3. The zero-order chi connectivity index (χ0) is 14.4. The molecule has 1 aromatic heterocycles. The van der Waals surface area contributed by atoms with Gasteiger partial charge in [0.25, 0.3) is 0 Å². The van der Waals surface area contributed by atoms with Crippen molar-refractivity contribution in [2.75, 3.05) is 28.4 Å². The lowest BCUT2D eigenvalue weighted by Gasteiger charge is -2.25. The van der Waals surface area contributed by atoms with Gasteiger partial charge >= 0.3 is 0 Å². The number of hydrogen-bond acceptors (Lipinski definition) is 5. The van der Waals surface area contributed by atoms with Crippen LogP contribution in [0, 0.1) is 13.8 Å². The Morgan fingerprint density at radius 2 is 1.84 bits per heavy atom. The minimum atomic E-state index is -0.307. The molecule has 0 aliphatic carbocycles. The summed E-state index contributed by atoms with van der Waals surface area (Å²) in [4.78, 5) is 4.49. The Hall–Kier alpha value is -1.17. The van der Waals surface area contributed by atoms with Crippen molar-refractivity contribution < 1.29 is 14.2 Å². The highest BCUT2D eigenvalue weighted by Gasteiger charge is 2.22. The molecular formula is C14H24N2O3. The molecule has 5 nitrogen and oxygen atoms in total. The second-order valence-corrected chi connectivity index (χ2v) is 4.49. The highest BCUT2D eigenvalue weighted by molar-refractivity contribution is 5.41. The third-order valence-electron chi connectivity index (χ3n) is 3.33. The summed E-state index contributed by atoms with van der Waals surface area (Å²) in [6.45, 7) is 4.01. The summed E-state index contributed by atoms with van der Waals surface area (Å²) in [5.74, 6) is 0.895. The van der Waals surface area contributed by atoms with Crippen molar-refractivity contribution in [1.29, 1.82) is 0 Å². The highest BCUT2D eigenvalue weighted by atomic mass is 16.7. The Kier molecular flexibility index (Phi) is 6.21. The molecule has 108 valence electrons. The fourth-order valence-electron chi connectivity index (χ4n) is 2.24. The molecule has 1 unspecified atom stereocenters. The van der Waals surface area contributed by atoms with Crippen molar-refractivity contribution in [2.24, 2.45) is 0 Å². The standard InChI is InChI=1S/C14H24N2O3/c1-9-8-16-11(10(2)13(9)17-4)7-12(15-3)14(18-5)19-6/h8,12,14-15H,7H2,1-6H3. The van der Waals surface area contributed by atoms with E-state index in [1.807, 2.05) is 27.1 Å². The first kappa shape index (κ1) is 15.9. The van der Waals surface area contributed by atoms with Gasteiger partial charge in [-0.05, 0) is 20.9 Å². The smallest absolute Gasteiger partial charge is 0.172 e. The second-order valence-electron chi connectivity index (χ2n) is 4.49. The van der Waals surface area contributed by atoms with E-state index in [0.29, 0.717) is 6.42 Å². The molecular weight excluding hydrogens is 244 g/mol. The van der Waals surface area contributed by atoms with Gasteiger partial charge in [0.2, 0.25) is 0 Å². The molecule has 1 heterocycles. The first-order valence-electron chi connectivity index (χ1n) is 6.30. The third kappa shape index (κ3) is 3.65. The number of aromatic nitrogens is 1. The number of pyridine rings is 1. The average Bonchev–Trinajstić information content (AvgIpc) is 2.42. The Morgan fingerprint density at radius 3 is 2.32 bits per heavy atom. The van der Waals surface area contributed by atoms with Gasteiger partial charge in [0.15, 0.2) is 6.29 Å². The zero-order valence-electron chi connectivity index (χ0n) is 12.6. The van der Waals surface area contributed by atoms with E-state index in [-0.39, 0.29) is 12.3 Å². The van der Waals surface area contributed by atoms with E-state index in [4.69, 9.17) is 14.2 Å². The maximum atomic E-state index is 5.42. The predicted molar refractivity (Wildman–Crippen MR) is 74.6 cm³/mol. The lowest BCUT2D eigenvalue weighted by molar-refractivity contribution is -0.121. The van der Waals surface area contributed by atoms with Gasteiger partial charge < -0.3 is 19.5 Å². The minimum Gasteiger partial charge on any atom is -0.496 e. The van der Waals surface area contributed by atoms with Gasteiger partial charge in [0.1, 0.15) is 5.75 Å². The molecule has 1 N–H and O–H groups in total. The average molecular weight is 268 g/mol. The van der Waals surface area contributed by atoms with Crippen LogP contribution in [0.4, 0.5) is 0 Å². The van der Waals surface area contributed by atoms with Crippen LogP contribution in [0.3, 0.4) is 0 Å². The van der Waals surface area contributed by atoms with Gasteiger partial charge in [-0.3, -0.25) is 4.98 Å². The quantitative estimate of drug-likeness (QED) is 0.759. The molecule has 0 aromatic carbocycles. The number of nitrogens with one attached hydrogen (secondary N) is 1. The maximum absolute atomic E-state index is 5.42. The van der Waals surface area contributed by atoms with Crippen molar-refractivity contribution in [3.05, 3.63) is 23.0 Å². The van der Waals surface area contributed by atoms with Crippen LogP contribution < -0.4 is 10.1 Å². The predicted octanol–water partition coefficient (Wildman–Crippen LogP) is 1.46. The van der Waals surface area contributed by atoms with Crippen molar-refractivity contribution in [3.63, 3.8) is 0 Å². The molecule has 0 amide bonds. The van der Waals surface area contributed by atoms with Gasteiger partial charge in [0.05, 0.1) is 13.2 Å². The SMILES string of the molecule is CNC(Cc1ncc(C)c(OC)c1C)C(OC)OC. The molecule has 1 atom stereocenters. The largest absolute Gasteiger partial charge is 0.496 e. The van der Waals surface area contributed by atoms with E-state index in [2.05, 4.69) is 10.3 Å². The van der Waals surface area contributed by atoms with E-state index in [9.17, 15) is 0 Å². The van der Waals surface area contributed by atoms with Crippen molar-refractivity contribution >= 4 is 0 Å². The summed E-state index contributed by atoms with van der Waals surface area (Å²) < 4.78 is 16.0. The van der Waals surface area contributed by atoms with E-state index in [1.54, 1.807) is 21.3 Å². The van der Waals surface area contributed by atoms with Crippen LogP contribution >= 0.6 is 0 Å². The molecule has 1 rings (SSSR count). The van der Waals surface area contributed by atoms with Crippen LogP contribution in [0.5, 0.6) is 5.75 Å². The molecule has 0 fully saturated rings. The number of likely N-dealkylation sites (N-methyl/N-ethyl adjacent to an activating group) is 1. The molecule has 0 spiro atoms. The van der Waals surface area contributed by atoms with E-state index >= 15 is 0 Å². The number of nitrogens with zero attached hydrogens (tertiary/aromatic N) is 1. The van der Waals surface area contributed by atoms with Crippen LogP contribution in [-0.2, 0) is 15.9 Å². The molecule has 0 aliphatic heterocycles. The fourth-order valence-corrected chi connectivity index (χ4v) is 2.24. The highest BCUT2D eigenvalue weighted by Crippen LogP contribution is 2.25. The second kappa shape index (κ2) is 7.43. The Balaban J connectivity index is 2.97. The summed E-state index contributed by atoms with van der Waals surface area (Å²) in [6, 6.07) is 0.0358. The summed E-state index contributed by atoms with van der Waals surface area (Å²) in [6.07, 6.45) is 2.24. The lowest BCUT2D eigenvalue weighted by atomic mass is 10.0. The molecule has 19 heavy (non-hydrogen) atoms. The van der Waals surface area contributed by atoms with Gasteiger partial charge in [-0.2, -0.15) is 0 Å².